The maximum absolute atomic E-state index is 9.77. The van der Waals surface area contributed by atoms with E-state index in [4.69, 9.17) is 19.9 Å². The van der Waals surface area contributed by atoms with Crippen LogP contribution in [-0.4, -0.2) is 23.4 Å². The van der Waals surface area contributed by atoms with E-state index in [-0.39, 0.29) is 17.7 Å². The van der Waals surface area contributed by atoms with Crippen molar-refractivity contribution in [3.63, 3.8) is 0 Å². The first-order valence-electron chi connectivity index (χ1n) is 9.56. The van der Waals surface area contributed by atoms with Gasteiger partial charge in [0.2, 0.25) is 11.8 Å². The molecule has 1 aliphatic rings. The summed E-state index contributed by atoms with van der Waals surface area (Å²) in [5.74, 6) is 1.61. The molecule has 0 spiro atoms. The van der Waals surface area contributed by atoms with Gasteiger partial charge < -0.3 is 19.9 Å². The third kappa shape index (κ3) is 3.50. The van der Waals surface area contributed by atoms with Crippen molar-refractivity contribution in [3.05, 3.63) is 46.5 Å². The summed E-state index contributed by atoms with van der Waals surface area (Å²) in [6.07, 6.45) is 0.904. The predicted molar refractivity (Wildman–Crippen MR) is 105 cm³/mol. The summed E-state index contributed by atoms with van der Waals surface area (Å²) in [6, 6.07) is 7.95. The smallest absolute Gasteiger partial charge is 0.244 e. The molecule has 0 bridgehead atoms. The summed E-state index contributed by atoms with van der Waals surface area (Å²) in [5.41, 5.74) is 9.03. The van der Waals surface area contributed by atoms with Crippen LogP contribution >= 0.6 is 0 Å². The summed E-state index contributed by atoms with van der Waals surface area (Å²) in [5, 5.41) is 17.1. The lowest BCUT2D eigenvalue weighted by molar-refractivity contribution is 0.276. The summed E-state index contributed by atoms with van der Waals surface area (Å²) in [6.45, 7) is 9.22. The Kier molecular flexibility index (Phi) is 5.78. The number of benzene rings is 1. The summed E-state index contributed by atoms with van der Waals surface area (Å²) in [7, 11) is 0. The topological polar surface area (TPSA) is 106 Å². The Morgan fingerprint density at radius 1 is 1.29 bits per heavy atom. The highest BCUT2D eigenvalue weighted by Crippen LogP contribution is 2.46. The molecule has 7 nitrogen and oxygen atoms in total. The fraction of sp³-hybridized carbons (Fsp3) is 0.429. The van der Waals surface area contributed by atoms with Crippen LogP contribution in [0.5, 0.6) is 17.4 Å². The van der Waals surface area contributed by atoms with Gasteiger partial charge in [0.1, 0.15) is 11.6 Å². The average Bonchev–Trinajstić information content (AvgIpc) is 3.09. The zero-order valence-corrected chi connectivity index (χ0v) is 16.7. The Labute approximate surface area is 165 Å². The number of nitrogens with two attached hydrogens (primary N) is 1. The van der Waals surface area contributed by atoms with Crippen molar-refractivity contribution in [2.24, 2.45) is 5.73 Å². The number of aromatic amines is 1. The molecule has 28 heavy (non-hydrogen) atoms. The van der Waals surface area contributed by atoms with Crippen molar-refractivity contribution in [1.29, 1.82) is 5.26 Å². The predicted octanol–water partition coefficient (Wildman–Crippen LogP) is 3.94. The molecule has 7 heteroatoms. The van der Waals surface area contributed by atoms with Crippen molar-refractivity contribution < 1.29 is 14.2 Å². The number of nitrogens with one attached hydrogen (secondary N) is 1. The molecule has 3 rings (SSSR count). The zero-order chi connectivity index (χ0) is 20.3. The lowest BCUT2D eigenvalue weighted by Crippen LogP contribution is -2.21. The summed E-state index contributed by atoms with van der Waals surface area (Å²) in [4.78, 5) is 0. The highest BCUT2D eigenvalue weighted by atomic mass is 16.5. The minimum atomic E-state index is -0.385. The Morgan fingerprint density at radius 3 is 2.71 bits per heavy atom. The van der Waals surface area contributed by atoms with Gasteiger partial charge in [0, 0.05) is 5.69 Å². The number of H-pyrrole nitrogens is 1. The maximum Gasteiger partial charge on any atom is 0.244 e. The molecule has 1 aromatic heterocycles. The molecule has 2 heterocycles. The number of aromatic nitrogens is 2. The van der Waals surface area contributed by atoms with E-state index < -0.39 is 0 Å². The monoisotopic (exact) mass is 382 g/mol. The molecule has 1 aromatic carbocycles. The third-order valence-electron chi connectivity index (χ3n) is 4.61. The van der Waals surface area contributed by atoms with Gasteiger partial charge in [0.25, 0.3) is 0 Å². The zero-order valence-electron chi connectivity index (χ0n) is 16.7. The second-order valence-electron chi connectivity index (χ2n) is 6.92. The number of rotatable bonds is 7. The fourth-order valence-corrected chi connectivity index (χ4v) is 3.35. The second-order valence-corrected chi connectivity index (χ2v) is 6.92. The van der Waals surface area contributed by atoms with Gasteiger partial charge in [-0.15, -0.1) is 5.10 Å². The van der Waals surface area contributed by atoms with Crippen molar-refractivity contribution in [1.82, 2.24) is 10.2 Å². The Hall–Kier alpha value is -3.14. The van der Waals surface area contributed by atoms with Gasteiger partial charge in [-0.3, -0.25) is 5.10 Å². The molecule has 0 aliphatic carbocycles. The first-order valence-corrected chi connectivity index (χ1v) is 9.56. The first-order chi connectivity index (χ1) is 13.5. The lowest BCUT2D eigenvalue weighted by atomic mass is 9.82. The molecular weight excluding hydrogens is 356 g/mol. The molecule has 0 fully saturated rings. The number of hydrogen-bond acceptors (Lipinski definition) is 6. The van der Waals surface area contributed by atoms with Crippen LogP contribution in [0, 0.1) is 11.3 Å². The summed E-state index contributed by atoms with van der Waals surface area (Å²) < 4.78 is 17.2. The van der Waals surface area contributed by atoms with Crippen LogP contribution in [0.3, 0.4) is 0 Å². The van der Waals surface area contributed by atoms with Gasteiger partial charge >= 0.3 is 0 Å². The quantitative estimate of drug-likeness (QED) is 0.751. The van der Waals surface area contributed by atoms with E-state index in [0.717, 1.165) is 23.2 Å². The minimum Gasteiger partial charge on any atom is -0.490 e. The molecule has 0 amide bonds. The molecule has 148 valence electrons. The Morgan fingerprint density at radius 2 is 2.07 bits per heavy atom. The fourth-order valence-electron chi connectivity index (χ4n) is 3.35. The number of fused-ring (bicyclic) bond motifs is 1. The van der Waals surface area contributed by atoms with Crippen LogP contribution in [0.4, 0.5) is 0 Å². The third-order valence-corrected chi connectivity index (χ3v) is 4.61. The normalized spacial score (nSPS) is 15.8. The van der Waals surface area contributed by atoms with Gasteiger partial charge in [0.15, 0.2) is 11.5 Å². The maximum atomic E-state index is 9.77. The highest BCUT2D eigenvalue weighted by molar-refractivity contribution is 5.57. The highest BCUT2D eigenvalue weighted by Gasteiger charge is 2.36. The molecule has 1 unspecified atom stereocenters. The van der Waals surface area contributed by atoms with Crippen LogP contribution in [0.2, 0.25) is 0 Å². The standard InChI is InChI=1S/C21H26N4O3/c1-5-9-27-15-8-7-13(10-16(15)26-6-2)17-14(11-22)20(23)28-21-18(17)19(12(3)4)24-25-21/h7-8,10,12,17H,5-6,9,23H2,1-4H3,(H,24,25). The van der Waals surface area contributed by atoms with Crippen LogP contribution in [-0.2, 0) is 0 Å². The van der Waals surface area contributed by atoms with Crippen molar-refractivity contribution >= 4 is 0 Å². The Balaban J connectivity index is 2.14. The van der Waals surface area contributed by atoms with Gasteiger partial charge in [0.05, 0.1) is 24.7 Å². The van der Waals surface area contributed by atoms with Gasteiger partial charge in [-0.1, -0.05) is 26.8 Å². The molecule has 0 saturated carbocycles. The van der Waals surface area contributed by atoms with E-state index in [2.05, 4.69) is 37.0 Å². The SMILES string of the molecule is CCCOc1ccc(C2C(C#N)=C(N)Oc3n[nH]c(C(C)C)c32)cc1OCC. The van der Waals surface area contributed by atoms with E-state index in [1.165, 1.54) is 0 Å². The number of allylic oxidation sites excluding steroid dienone is 1. The van der Waals surface area contributed by atoms with Gasteiger partial charge in [-0.2, -0.15) is 5.26 Å². The van der Waals surface area contributed by atoms with Crippen LogP contribution in [0.1, 0.15) is 62.8 Å². The van der Waals surface area contributed by atoms with Crippen LogP contribution in [0.25, 0.3) is 0 Å². The van der Waals surface area contributed by atoms with E-state index in [9.17, 15) is 5.26 Å². The number of nitriles is 1. The Bertz CT molecular complexity index is 924. The van der Waals surface area contributed by atoms with Crippen LogP contribution in [0.15, 0.2) is 29.7 Å². The lowest BCUT2D eigenvalue weighted by Gasteiger charge is -2.25. The van der Waals surface area contributed by atoms with Gasteiger partial charge in [-0.05, 0) is 37.0 Å². The average molecular weight is 382 g/mol. The van der Waals surface area contributed by atoms with E-state index in [1.54, 1.807) is 0 Å². The van der Waals surface area contributed by atoms with Gasteiger partial charge in [-0.25, -0.2) is 0 Å². The number of hydrogen-bond donors (Lipinski definition) is 2. The molecular formula is C21H26N4O3. The molecule has 2 aromatic rings. The van der Waals surface area contributed by atoms with Crippen molar-refractivity contribution in [2.75, 3.05) is 13.2 Å². The minimum absolute atomic E-state index is 0.0751. The van der Waals surface area contributed by atoms with E-state index in [1.807, 2.05) is 25.1 Å². The molecule has 1 atom stereocenters. The second kappa shape index (κ2) is 8.26. The summed E-state index contributed by atoms with van der Waals surface area (Å²) >= 11 is 0. The van der Waals surface area contributed by atoms with Crippen molar-refractivity contribution in [3.8, 4) is 23.4 Å². The molecule has 1 aliphatic heterocycles. The van der Waals surface area contributed by atoms with E-state index in [0.29, 0.717) is 36.2 Å². The molecule has 0 radical (unpaired) electrons. The largest absolute Gasteiger partial charge is 0.490 e. The van der Waals surface area contributed by atoms with Crippen LogP contribution < -0.4 is 19.9 Å². The number of nitrogens with zero attached hydrogens (tertiary/aromatic N) is 2. The molecule has 0 saturated heterocycles. The van der Waals surface area contributed by atoms with E-state index >= 15 is 0 Å². The molecule has 3 N–H and O–H groups in total. The number of ether oxygens (including phenoxy) is 3. The first kappa shape index (κ1) is 19.6. The van der Waals surface area contributed by atoms with Crippen molar-refractivity contribution in [2.45, 2.75) is 46.0 Å².